The molecule has 0 saturated heterocycles. The van der Waals surface area contributed by atoms with E-state index in [1.807, 2.05) is 30.3 Å². The van der Waals surface area contributed by atoms with Gasteiger partial charge in [-0.05, 0) is 53.1 Å². The average Bonchev–Trinajstić information content (AvgIpc) is 2.78. The molecule has 3 aromatic rings. The molecule has 6 nitrogen and oxygen atoms in total. The Bertz CT molecular complexity index is 1230. The predicted molar refractivity (Wildman–Crippen MR) is 125 cm³/mol. The van der Waals surface area contributed by atoms with Crippen molar-refractivity contribution in [1.29, 1.82) is 0 Å². The number of hydrogen-bond donors (Lipinski definition) is 3. The van der Waals surface area contributed by atoms with E-state index < -0.39 is 9.84 Å². The zero-order chi connectivity index (χ0) is 22.6. The van der Waals surface area contributed by atoms with Crippen molar-refractivity contribution in [3.63, 3.8) is 0 Å². The second kappa shape index (κ2) is 11.0. The number of nitrogens with one attached hydrogen (secondary N) is 2. The van der Waals surface area contributed by atoms with E-state index in [2.05, 4.69) is 16.0 Å². The maximum absolute atomic E-state index is 12.9. The topological polar surface area (TPSA) is 91.9 Å². The van der Waals surface area contributed by atoms with Crippen LogP contribution in [0.15, 0.2) is 71.6 Å². The smallest absolute Gasteiger partial charge is 0.319 e. The number of fused-ring (bicyclic) bond motifs is 1. The van der Waals surface area contributed by atoms with Gasteiger partial charge in [0.2, 0.25) is 0 Å². The second-order valence-corrected chi connectivity index (χ2v) is 10.3. The van der Waals surface area contributed by atoms with Gasteiger partial charge >= 0.3 is 6.03 Å². The number of urea groups is 1. The normalized spacial score (nSPS) is 12.9. The molecule has 0 aromatic heterocycles. The lowest BCUT2D eigenvalue weighted by atomic mass is 9.99. The van der Waals surface area contributed by atoms with Gasteiger partial charge in [-0.2, -0.15) is 0 Å². The molecule has 1 aliphatic heterocycles. The van der Waals surface area contributed by atoms with E-state index in [4.69, 9.17) is 11.6 Å². The molecule has 0 fully saturated rings. The Balaban J connectivity index is 0.00000306. The van der Waals surface area contributed by atoms with E-state index in [-0.39, 0.29) is 29.1 Å². The third-order valence-corrected chi connectivity index (χ3v) is 7.36. The van der Waals surface area contributed by atoms with Crippen LogP contribution in [0.2, 0.25) is 5.02 Å². The zero-order valence-corrected chi connectivity index (χ0v) is 20.2. The molecule has 33 heavy (non-hydrogen) atoms. The number of nitrogens with two attached hydrogens (primary N) is 1. The van der Waals surface area contributed by atoms with E-state index in [0.29, 0.717) is 17.3 Å². The number of anilines is 1. The summed E-state index contributed by atoms with van der Waals surface area (Å²) in [5.41, 5.74) is 4.71. The fourth-order valence-electron chi connectivity index (χ4n) is 3.77. The van der Waals surface area contributed by atoms with Crippen LogP contribution in [0.5, 0.6) is 0 Å². The maximum atomic E-state index is 12.9. The molecular weight excluding hydrogens is 481 g/mol. The minimum absolute atomic E-state index is 0. The fourth-order valence-corrected chi connectivity index (χ4v) is 5.32. The van der Waals surface area contributed by atoms with Crippen molar-refractivity contribution in [1.82, 2.24) is 5.32 Å². The Morgan fingerprint density at radius 3 is 2.52 bits per heavy atom. The van der Waals surface area contributed by atoms with Crippen molar-refractivity contribution in [3.05, 3.63) is 94.0 Å². The van der Waals surface area contributed by atoms with Gasteiger partial charge in [-0.1, -0.05) is 41.9 Å². The number of rotatable bonds is 6. The monoisotopic (exact) mass is 505 g/mol. The number of quaternary nitrogens is 1. The zero-order valence-electron chi connectivity index (χ0n) is 17.9. The summed E-state index contributed by atoms with van der Waals surface area (Å²) in [6, 6.07) is 19.0. The highest BCUT2D eigenvalue weighted by Gasteiger charge is 2.18. The molecule has 174 valence electrons. The van der Waals surface area contributed by atoms with Gasteiger partial charge in [-0.15, -0.1) is 0 Å². The lowest BCUT2D eigenvalue weighted by Gasteiger charge is -2.15. The van der Waals surface area contributed by atoms with E-state index in [0.717, 1.165) is 30.6 Å². The standard InChI is InChI=1S/C24H24ClN3O3S.ClH/c25-21-3-1-2-17(13-21)14-27-24(29)28-22-6-8-23(9-7-22)32(30,31)16-18-4-5-20-15-26-11-10-19(20)12-18;/h1-9,12-13,26H,10-11,14-16H2,(H2,27,28,29);1H. The molecule has 1 heterocycles. The van der Waals surface area contributed by atoms with Crippen LogP contribution in [-0.4, -0.2) is 21.0 Å². The van der Waals surface area contributed by atoms with Crippen molar-refractivity contribution in [2.45, 2.75) is 30.2 Å². The first-order valence-corrected chi connectivity index (χ1v) is 12.5. The molecule has 0 aliphatic carbocycles. The van der Waals surface area contributed by atoms with Gasteiger partial charge in [0.1, 0.15) is 6.54 Å². The number of sulfone groups is 1. The summed E-state index contributed by atoms with van der Waals surface area (Å²) in [6.45, 7) is 2.31. The molecule has 0 atom stereocenters. The van der Waals surface area contributed by atoms with Crippen molar-refractivity contribution >= 4 is 33.2 Å². The third kappa shape index (κ3) is 6.71. The van der Waals surface area contributed by atoms with Gasteiger partial charge in [0.25, 0.3) is 0 Å². The van der Waals surface area contributed by atoms with E-state index in [1.54, 1.807) is 24.3 Å². The van der Waals surface area contributed by atoms with Gasteiger partial charge in [-0.3, -0.25) is 0 Å². The Hall–Kier alpha value is -2.58. The Kier molecular flexibility index (Phi) is 8.37. The minimum atomic E-state index is -3.48. The van der Waals surface area contributed by atoms with E-state index >= 15 is 0 Å². The van der Waals surface area contributed by atoms with E-state index in [1.165, 1.54) is 23.3 Å². The largest absolute Gasteiger partial charge is 1.00 e. The SMILES string of the molecule is O=C(NCc1cccc(Cl)c1)Nc1ccc(S(=O)(=O)Cc2ccc3c(c2)CC[NH2+]C3)cc1.[Cl-]. The van der Waals surface area contributed by atoms with Crippen LogP contribution >= 0.6 is 11.6 Å². The molecule has 0 bridgehead atoms. The highest BCUT2D eigenvalue weighted by Crippen LogP contribution is 2.21. The molecule has 0 unspecified atom stereocenters. The first kappa shape index (κ1) is 25.1. The molecular formula is C24H25Cl2N3O3S. The van der Waals surface area contributed by atoms with Crippen LogP contribution in [0.4, 0.5) is 10.5 Å². The van der Waals surface area contributed by atoms with Gasteiger partial charge in [0, 0.05) is 29.2 Å². The van der Waals surface area contributed by atoms with Crippen LogP contribution in [0, 0.1) is 0 Å². The predicted octanol–water partition coefficient (Wildman–Crippen LogP) is 0.259. The molecule has 0 radical (unpaired) electrons. The number of carbonyl (C=O) groups is 1. The van der Waals surface area contributed by atoms with Crippen LogP contribution in [0.3, 0.4) is 0 Å². The molecule has 3 aromatic carbocycles. The number of amides is 2. The molecule has 9 heteroatoms. The van der Waals surface area contributed by atoms with Gasteiger partial charge in [0.05, 0.1) is 17.2 Å². The van der Waals surface area contributed by atoms with Crippen molar-refractivity contribution < 1.29 is 30.9 Å². The Morgan fingerprint density at radius 2 is 1.76 bits per heavy atom. The van der Waals surface area contributed by atoms with Crippen LogP contribution in [0.25, 0.3) is 0 Å². The van der Waals surface area contributed by atoms with Crippen LogP contribution < -0.4 is 28.4 Å². The minimum Gasteiger partial charge on any atom is -1.00 e. The number of hydrogen-bond acceptors (Lipinski definition) is 3. The lowest BCUT2D eigenvalue weighted by molar-refractivity contribution is -0.673. The van der Waals surface area contributed by atoms with Gasteiger partial charge in [0.15, 0.2) is 9.84 Å². The first-order chi connectivity index (χ1) is 15.4. The number of halogens is 2. The number of carbonyl (C=O) groups excluding carboxylic acids is 1. The van der Waals surface area contributed by atoms with Crippen LogP contribution in [0.1, 0.15) is 22.3 Å². The molecule has 0 saturated carbocycles. The Labute approximate surface area is 205 Å². The van der Waals surface area contributed by atoms with Crippen molar-refractivity contribution in [2.24, 2.45) is 0 Å². The summed E-state index contributed by atoms with van der Waals surface area (Å²) >= 11 is 5.95. The van der Waals surface area contributed by atoms with E-state index in [9.17, 15) is 13.2 Å². The van der Waals surface area contributed by atoms with Crippen LogP contribution in [-0.2, 0) is 35.1 Å². The first-order valence-electron chi connectivity index (χ1n) is 10.4. The van der Waals surface area contributed by atoms with Crippen molar-refractivity contribution in [2.75, 3.05) is 11.9 Å². The lowest BCUT2D eigenvalue weighted by Crippen LogP contribution is -3.00. The summed E-state index contributed by atoms with van der Waals surface area (Å²) in [4.78, 5) is 12.4. The highest BCUT2D eigenvalue weighted by molar-refractivity contribution is 7.90. The highest BCUT2D eigenvalue weighted by atomic mass is 35.5. The van der Waals surface area contributed by atoms with Gasteiger partial charge in [-0.25, -0.2) is 13.2 Å². The third-order valence-electron chi connectivity index (χ3n) is 5.42. The summed E-state index contributed by atoms with van der Waals surface area (Å²) in [7, 11) is -3.48. The fraction of sp³-hybridized carbons (Fsp3) is 0.208. The Morgan fingerprint density at radius 1 is 0.970 bits per heavy atom. The summed E-state index contributed by atoms with van der Waals surface area (Å²) in [6.07, 6.45) is 0.961. The molecule has 4 rings (SSSR count). The molecule has 2 amide bonds. The quantitative estimate of drug-likeness (QED) is 0.448. The van der Waals surface area contributed by atoms with Gasteiger partial charge < -0.3 is 28.4 Å². The second-order valence-electron chi connectivity index (χ2n) is 7.86. The average molecular weight is 506 g/mol. The molecule has 4 N–H and O–H groups in total. The molecule has 0 spiro atoms. The molecule has 1 aliphatic rings. The summed E-state index contributed by atoms with van der Waals surface area (Å²) in [5.74, 6) is -0.0448. The summed E-state index contributed by atoms with van der Waals surface area (Å²) in [5, 5.41) is 8.32. The number of benzene rings is 3. The van der Waals surface area contributed by atoms with Crippen molar-refractivity contribution in [3.8, 4) is 0 Å². The maximum Gasteiger partial charge on any atom is 0.319 e. The summed E-state index contributed by atoms with van der Waals surface area (Å²) < 4.78 is 25.7.